The van der Waals surface area contributed by atoms with Gasteiger partial charge in [-0.25, -0.2) is 0 Å². The maximum absolute atomic E-state index is 11.6. The number of furan rings is 1. The molecule has 0 spiro atoms. The van der Waals surface area contributed by atoms with Gasteiger partial charge in [-0.15, -0.1) is 11.3 Å². The van der Waals surface area contributed by atoms with E-state index in [0.717, 1.165) is 0 Å². The summed E-state index contributed by atoms with van der Waals surface area (Å²) in [6.45, 7) is -0.477. The van der Waals surface area contributed by atoms with E-state index in [-0.39, 0.29) is 19.0 Å². The summed E-state index contributed by atoms with van der Waals surface area (Å²) in [5.41, 5.74) is 0. The largest absolute Gasteiger partial charge is 0.467 e. The summed E-state index contributed by atoms with van der Waals surface area (Å²) in [5.74, 6) is -0.885. The highest BCUT2D eigenvalue weighted by Gasteiger charge is 2.11. The van der Waals surface area contributed by atoms with E-state index in [2.05, 4.69) is 10.6 Å². The molecule has 2 rings (SSSR count). The standard InChI is InChI=1S/C14H14N2O5S/c17-12(15-7-10-3-1-5-20-10)9-21-13(18)8-16-14(19)11-4-2-6-22-11/h1-6H,7-9H2,(H,15,17)(H,16,19). The lowest BCUT2D eigenvalue weighted by Crippen LogP contribution is -2.33. The van der Waals surface area contributed by atoms with Crippen LogP contribution in [-0.2, 0) is 20.9 Å². The predicted molar refractivity (Wildman–Crippen MR) is 78.2 cm³/mol. The van der Waals surface area contributed by atoms with E-state index < -0.39 is 18.5 Å². The van der Waals surface area contributed by atoms with Crippen LogP contribution in [0.25, 0.3) is 0 Å². The summed E-state index contributed by atoms with van der Waals surface area (Å²) in [5, 5.41) is 6.71. The van der Waals surface area contributed by atoms with Crippen molar-refractivity contribution in [3.8, 4) is 0 Å². The molecule has 2 heterocycles. The monoisotopic (exact) mass is 322 g/mol. The zero-order chi connectivity index (χ0) is 15.8. The first-order valence-electron chi connectivity index (χ1n) is 6.41. The number of ether oxygens (including phenoxy) is 1. The number of nitrogens with one attached hydrogen (secondary N) is 2. The molecule has 0 saturated heterocycles. The molecule has 0 bridgehead atoms. The minimum Gasteiger partial charge on any atom is -0.467 e. The first-order valence-corrected chi connectivity index (χ1v) is 7.29. The first kappa shape index (κ1) is 15.8. The van der Waals surface area contributed by atoms with Crippen molar-refractivity contribution in [1.29, 1.82) is 0 Å². The lowest BCUT2D eigenvalue weighted by molar-refractivity contribution is -0.147. The summed E-state index contributed by atoms with van der Waals surface area (Å²) in [4.78, 5) is 35.0. The Kier molecular flexibility index (Phi) is 5.73. The van der Waals surface area contributed by atoms with Crippen LogP contribution in [0.5, 0.6) is 0 Å². The molecule has 2 amide bonds. The molecular formula is C14H14N2O5S. The number of hydrogen-bond donors (Lipinski definition) is 2. The third-order valence-electron chi connectivity index (χ3n) is 2.54. The van der Waals surface area contributed by atoms with Crippen LogP contribution in [0.2, 0.25) is 0 Å². The number of carbonyl (C=O) groups excluding carboxylic acids is 3. The van der Waals surface area contributed by atoms with Crippen molar-refractivity contribution < 1.29 is 23.5 Å². The van der Waals surface area contributed by atoms with E-state index in [1.807, 2.05) is 0 Å². The highest BCUT2D eigenvalue weighted by molar-refractivity contribution is 7.12. The molecule has 2 aromatic heterocycles. The average molecular weight is 322 g/mol. The van der Waals surface area contributed by atoms with Gasteiger partial charge in [0.25, 0.3) is 11.8 Å². The smallest absolute Gasteiger partial charge is 0.325 e. The number of thiophene rings is 1. The fraction of sp³-hybridized carbons (Fsp3) is 0.214. The molecule has 2 N–H and O–H groups in total. The fourth-order valence-corrected chi connectivity index (χ4v) is 2.13. The van der Waals surface area contributed by atoms with Crippen LogP contribution >= 0.6 is 11.3 Å². The van der Waals surface area contributed by atoms with Gasteiger partial charge in [0.1, 0.15) is 12.3 Å². The van der Waals surface area contributed by atoms with E-state index >= 15 is 0 Å². The minimum absolute atomic E-state index is 0.221. The van der Waals surface area contributed by atoms with E-state index in [9.17, 15) is 14.4 Å². The molecule has 7 nitrogen and oxygen atoms in total. The van der Waals surface area contributed by atoms with Crippen LogP contribution in [0, 0.1) is 0 Å². The topological polar surface area (TPSA) is 97.6 Å². The number of hydrogen-bond acceptors (Lipinski definition) is 6. The highest BCUT2D eigenvalue weighted by atomic mass is 32.1. The Morgan fingerprint density at radius 2 is 2.05 bits per heavy atom. The molecule has 22 heavy (non-hydrogen) atoms. The van der Waals surface area contributed by atoms with Gasteiger partial charge in [0, 0.05) is 0 Å². The first-order chi connectivity index (χ1) is 10.6. The Morgan fingerprint density at radius 1 is 1.18 bits per heavy atom. The minimum atomic E-state index is -0.682. The summed E-state index contributed by atoms with van der Waals surface area (Å²) in [7, 11) is 0. The van der Waals surface area contributed by atoms with Gasteiger partial charge in [-0.1, -0.05) is 6.07 Å². The van der Waals surface area contributed by atoms with E-state index in [4.69, 9.17) is 9.15 Å². The number of amides is 2. The van der Waals surface area contributed by atoms with Crippen LogP contribution in [0.3, 0.4) is 0 Å². The van der Waals surface area contributed by atoms with E-state index in [0.29, 0.717) is 10.6 Å². The van der Waals surface area contributed by atoms with Crippen molar-refractivity contribution in [3.05, 3.63) is 46.5 Å². The molecule has 0 aromatic carbocycles. The highest BCUT2D eigenvalue weighted by Crippen LogP contribution is 2.07. The van der Waals surface area contributed by atoms with Crippen LogP contribution in [0.1, 0.15) is 15.4 Å². The molecule has 2 aromatic rings. The second kappa shape index (κ2) is 7.99. The maximum atomic E-state index is 11.6. The second-order valence-electron chi connectivity index (χ2n) is 4.18. The summed E-state index contributed by atoms with van der Waals surface area (Å²) < 4.78 is 9.79. The van der Waals surface area contributed by atoms with E-state index in [1.165, 1.54) is 17.6 Å². The maximum Gasteiger partial charge on any atom is 0.325 e. The molecule has 0 aliphatic heterocycles. The summed E-state index contributed by atoms with van der Waals surface area (Å²) in [6, 6.07) is 6.80. The molecule has 0 radical (unpaired) electrons. The van der Waals surface area contributed by atoms with Crippen molar-refractivity contribution in [3.63, 3.8) is 0 Å². The Morgan fingerprint density at radius 3 is 2.73 bits per heavy atom. The third-order valence-corrected chi connectivity index (χ3v) is 3.41. The van der Waals surface area contributed by atoms with Crippen molar-refractivity contribution in [2.75, 3.05) is 13.2 Å². The van der Waals surface area contributed by atoms with Crippen LogP contribution < -0.4 is 10.6 Å². The Hall–Kier alpha value is -2.61. The summed E-state index contributed by atoms with van der Waals surface area (Å²) >= 11 is 1.27. The van der Waals surface area contributed by atoms with Crippen LogP contribution in [0.15, 0.2) is 40.3 Å². The Balaban J connectivity index is 1.60. The zero-order valence-corrected chi connectivity index (χ0v) is 12.4. The van der Waals surface area contributed by atoms with Crippen molar-refractivity contribution in [2.45, 2.75) is 6.54 Å². The zero-order valence-electron chi connectivity index (χ0n) is 11.5. The van der Waals surface area contributed by atoms with Crippen LogP contribution in [0.4, 0.5) is 0 Å². The molecule has 0 fully saturated rings. The van der Waals surface area contributed by atoms with Gasteiger partial charge in [-0.3, -0.25) is 14.4 Å². The van der Waals surface area contributed by atoms with Crippen molar-refractivity contribution in [2.24, 2.45) is 0 Å². The Labute approximate surface area is 130 Å². The molecule has 0 aliphatic carbocycles. The van der Waals surface area contributed by atoms with Crippen LogP contribution in [-0.4, -0.2) is 30.9 Å². The average Bonchev–Trinajstić information content (AvgIpc) is 3.21. The molecule has 0 atom stereocenters. The fourth-order valence-electron chi connectivity index (χ4n) is 1.49. The van der Waals surface area contributed by atoms with Gasteiger partial charge in [-0.2, -0.15) is 0 Å². The van der Waals surface area contributed by atoms with E-state index in [1.54, 1.807) is 29.6 Å². The molecule has 8 heteroatoms. The van der Waals surface area contributed by atoms with Crippen molar-refractivity contribution in [1.82, 2.24) is 10.6 Å². The lowest BCUT2D eigenvalue weighted by Gasteiger charge is -2.06. The number of esters is 1. The van der Waals surface area contributed by atoms with Gasteiger partial charge in [0.05, 0.1) is 17.7 Å². The predicted octanol–water partition coefficient (Wildman–Crippen LogP) is 0.930. The molecule has 0 unspecified atom stereocenters. The molecule has 0 saturated carbocycles. The normalized spacial score (nSPS) is 10.0. The SMILES string of the molecule is O=C(COC(=O)CNC(=O)c1cccs1)NCc1ccco1. The number of carbonyl (C=O) groups is 3. The van der Waals surface area contributed by atoms with Gasteiger partial charge >= 0.3 is 5.97 Å². The van der Waals surface area contributed by atoms with Crippen molar-refractivity contribution >= 4 is 29.1 Å². The molecular weight excluding hydrogens is 308 g/mol. The van der Waals surface area contributed by atoms with Gasteiger partial charge in [0.15, 0.2) is 6.61 Å². The van der Waals surface area contributed by atoms with Gasteiger partial charge in [-0.05, 0) is 23.6 Å². The van der Waals surface area contributed by atoms with Gasteiger partial charge in [0.2, 0.25) is 0 Å². The number of rotatable bonds is 7. The second-order valence-corrected chi connectivity index (χ2v) is 5.12. The third kappa shape index (κ3) is 5.06. The van der Waals surface area contributed by atoms with Gasteiger partial charge < -0.3 is 19.8 Å². The lowest BCUT2D eigenvalue weighted by atomic mass is 10.4. The Bertz CT molecular complexity index is 622. The summed E-state index contributed by atoms with van der Waals surface area (Å²) in [6.07, 6.45) is 1.50. The molecule has 0 aliphatic rings. The quantitative estimate of drug-likeness (QED) is 0.739. The molecule has 116 valence electrons.